The van der Waals surface area contributed by atoms with Gasteiger partial charge in [0.1, 0.15) is 6.10 Å². The lowest BCUT2D eigenvalue weighted by Crippen LogP contribution is -2.34. The summed E-state index contributed by atoms with van der Waals surface area (Å²) in [5.74, 6) is 0.344. The maximum atomic E-state index is 10.9. The molecule has 0 unspecified atom stereocenters. The maximum absolute atomic E-state index is 10.9. The molecule has 0 aliphatic carbocycles. The van der Waals surface area contributed by atoms with Gasteiger partial charge in [-0.25, -0.2) is 0 Å². The second kappa shape index (κ2) is 5.46. The van der Waals surface area contributed by atoms with Crippen molar-refractivity contribution in [3.63, 3.8) is 0 Å². The summed E-state index contributed by atoms with van der Waals surface area (Å²) in [5, 5.41) is 14.1. The zero-order valence-corrected chi connectivity index (χ0v) is 10.8. The summed E-state index contributed by atoms with van der Waals surface area (Å²) in [6.07, 6.45) is 1.82. The quantitative estimate of drug-likeness (QED) is 0.688. The fraction of sp³-hybridized carbons (Fsp3) is 0.455. The van der Waals surface area contributed by atoms with E-state index in [1.807, 2.05) is 0 Å². The molecular weight excluding hydrogens is 288 g/mol. The number of hydrogen-bond acceptors (Lipinski definition) is 4. The number of nitrogens with zero attached hydrogens (tertiary/aromatic N) is 1. The molecule has 92 valence electrons. The van der Waals surface area contributed by atoms with E-state index in [1.165, 1.54) is 6.07 Å². The molecule has 1 aromatic rings. The van der Waals surface area contributed by atoms with Gasteiger partial charge in [-0.05, 0) is 32.0 Å². The number of ether oxygens (including phenoxy) is 1. The molecular formula is C11H13BrN2O3. The molecule has 0 aromatic heterocycles. The molecule has 5 nitrogen and oxygen atoms in total. The van der Waals surface area contributed by atoms with Crippen molar-refractivity contribution in [1.82, 2.24) is 5.32 Å². The second-order valence-corrected chi connectivity index (χ2v) is 4.85. The van der Waals surface area contributed by atoms with Crippen molar-refractivity contribution in [2.45, 2.75) is 18.9 Å². The number of piperidine rings is 1. The van der Waals surface area contributed by atoms with E-state index in [9.17, 15) is 10.1 Å². The lowest BCUT2D eigenvalue weighted by Gasteiger charge is -2.23. The highest BCUT2D eigenvalue weighted by Crippen LogP contribution is 2.31. The summed E-state index contributed by atoms with van der Waals surface area (Å²) in [6.45, 7) is 1.79. The van der Waals surface area contributed by atoms with Crippen LogP contribution in [0.15, 0.2) is 22.7 Å². The Morgan fingerprint density at radius 1 is 1.41 bits per heavy atom. The van der Waals surface area contributed by atoms with E-state index in [4.69, 9.17) is 4.74 Å². The van der Waals surface area contributed by atoms with Gasteiger partial charge in [0.2, 0.25) is 0 Å². The number of hydrogen-bond donors (Lipinski definition) is 1. The zero-order chi connectivity index (χ0) is 12.3. The highest BCUT2D eigenvalue weighted by molar-refractivity contribution is 9.10. The van der Waals surface area contributed by atoms with Crippen LogP contribution < -0.4 is 10.1 Å². The van der Waals surface area contributed by atoms with Gasteiger partial charge in [0.15, 0.2) is 5.75 Å². The summed E-state index contributed by atoms with van der Waals surface area (Å²) in [6, 6.07) is 4.76. The SMILES string of the molecule is O=[N+]([O-])c1ccc(Br)cc1OC1CCNCC1. The number of benzene rings is 1. The fourth-order valence-electron chi connectivity index (χ4n) is 1.83. The van der Waals surface area contributed by atoms with Gasteiger partial charge >= 0.3 is 5.69 Å². The molecule has 1 aliphatic rings. The first kappa shape index (κ1) is 12.3. The van der Waals surface area contributed by atoms with E-state index < -0.39 is 4.92 Å². The van der Waals surface area contributed by atoms with Crippen LogP contribution in [0.25, 0.3) is 0 Å². The van der Waals surface area contributed by atoms with E-state index in [2.05, 4.69) is 21.2 Å². The van der Waals surface area contributed by atoms with E-state index >= 15 is 0 Å². The Bertz CT molecular complexity index is 419. The van der Waals surface area contributed by atoms with Gasteiger partial charge in [-0.3, -0.25) is 10.1 Å². The molecule has 0 atom stereocenters. The predicted octanol–water partition coefficient (Wildman–Crippen LogP) is 2.49. The molecule has 1 heterocycles. The van der Waals surface area contributed by atoms with Crippen molar-refractivity contribution in [3.8, 4) is 5.75 Å². The smallest absolute Gasteiger partial charge is 0.311 e. The van der Waals surface area contributed by atoms with Crippen LogP contribution >= 0.6 is 15.9 Å². The fourth-order valence-corrected chi connectivity index (χ4v) is 2.17. The molecule has 0 bridgehead atoms. The van der Waals surface area contributed by atoms with Crippen LogP contribution in [0.5, 0.6) is 5.75 Å². The minimum atomic E-state index is -0.414. The molecule has 1 N–H and O–H groups in total. The largest absolute Gasteiger partial charge is 0.483 e. The summed E-state index contributed by atoms with van der Waals surface area (Å²) >= 11 is 3.30. The molecule has 1 saturated heterocycles. The third kappa shape index (κ3) is 3.17. The summed E-state index contributed by atoms with van der Waals surface area (Å²) in [7, 11) is 0. The van der Waals surface area contributed by atoms with E-state index in [-0.39, 0.29) is 11.8 Å². The monoisotopic (exact) mass is 300 g/mol. The Hall–Kier alpha value is -1.14. The van der Waals surface area contributed by atoms with E-state index in [1.54, 1.807) is 12.1 Å². The lowest BCUT2D eigenvalue weighted by molar-refractivity contribution is -0.386. The van der Waals surface area contributed by atoms with Crippen molar-refractivity contribution in [1.29, 1.82) is 0 Å². The molecule has 17 heavy (non-hydrogen) atoms. The van der Waals surface area contributed by atoms with Crippen LogP contribution in [0, 0.1) is 10.1 Å². The Balaban J connectivity index is 2.17. The minimum Gasteiger partial charge on any atom is -0.483 e. The summed E-state index contributed by atoms with van der Waals surface area (Å²) < 4.78 is 6.50. The number of nitro groups is 1. The van der Waals surface area contributed by atoms with E-state index in [0.29, 0.717) is 5.75 Å². The van der Waals surface area contributed by atoms with Crippen LogP contribution in [0.1, 0.15) is 12.8 Å². The van der Waals surface area contributed by atoms with Crippen LogP contribution in [0.3, 0.4) is 0 Å². The normalized spacial score (nSPS) is 16.8. The molecule has 2 rings (SSSR count). The van der Waals surface area contributed by atoms with Crippen molar-refractivity contribution in [2.75, 3.05) is 13.1 Å². The molecule has 1 aliphatic heterocycles. The van der Waals surface area contributed by atoms with Crippen LogP contribution in [0.2, 0.25) is 0 Å². The number of rotatable bonds is 3. The highest BCUT2D eigenvalue weighted by atomic mass is 79.9. The van der Waals surface area contributed by atoms with Crippen molar-refractivity contribution < 1.29 is 9.66 Å². The zero-order valence-electron chi connectivity index (χ0n) is 9.19. The van der Waals surface area contributed by atoms with Gasteiger partial charge in [-0.1, -0.05) is 15.9 Å². The standard InChI is InChI=1S/C11H13BrN2O3/c12-8-1-2-10(14(15)16)11(7-8)17-9-3-5-13-6-4-9/h1-2,7,9,13H,3-6H2. The number of nitrogens with one attached hydrogen (secondary N) is 1. The third-order valence-corrected chi connectivity index (χ3v) is 3.19. The van der Waals surface area contributed by atoms with Gasteiger partial charge < -0.3 is 10.1 Å². The topological polar surface area (TPSA) is 64.4 Å². The van der Waals surface area contributed by atoms with Crippen molar-refractivity contribution in [2.24, 2.45) is 0 Å². The van der Waals surface area contributed by atoms with Gasteiger partial charge in [0.05, 0.1) is 4.92 Å². The van der Waals surface area contributed by atoms with Crippen LogP contribution in [-0.2, 0) is 0 Å². The van der Waals surface area contributed by atoms with Crippen molar-refractivity contribution >= 4 is 21.6 Å². The van der Waals surface area contributed by atoms with Crippen molar-refractivity contribution in [3.05, 3.63) is 32.8 Å². The van der Waals surface area contributed by atoms with Crippen LogP contribution in [-0.4, -0.2) is 24.1 Å². The molecule has 0 saturated carbocycles. The Labute approximate surface area is 107 Å². The van der Waals surface area contributed by atoms with Gasteiger partial charge in [-0.2, -0.15) is 0 Å². The molecule has 0 spiro atoms. The molecule has 1 fully saturated rings. The first-order valence-electron chi connectivity index (χ1n) is 5.48. The first-order chi connectivity index (χ1) is 8.16. The highest BCUT2D eigenvalue weighted by Gasteiger charge is 2.20. The van der Waals surface area contributed by atoms with Gasteiger partial charge in [-0.15, -0.1) is 0 Å². The lowest BCUT2D eigenvalue weighted by atomic mass is 10.1. The molecule has 0 amide bonds. The molecule has 1 aromatic carbocycles. The van der Waals surface area contributed by atoms with E-state index in [0.717, 1.165) is 30.4 Å². The van der Waals surface area contributed by atoms with Crippen LogP contribution in [0.4, 0.5) is 5.69 Å². The number of halogens is 1. The minimum absolute atomic E-state index is 0.0201. The summed E-state index contributed by atoms with van der Waals surface area (Å²) in [5.41, 5.74) is 0.0201. The van der Waals surface area contributed by atoms with Gasteiger partial charge in [0.25, 0.3) is 0 Å². The second-order valence-electron chi connectivity index (χ2n) is 3.94. The first-order valence-corrected chi connectivity index (χ1v) is 6.27. The summed E-state index contributed by atoms with van der Waals surface area (Å²) in [4.78, 5) is 10.5. The number of nitro benzene ring substituents is 1. The molecule has 6 heteroatoms. The Kier molecular flexibility index (Phi) is 3.96. The Morgan fingerprint density at radius 3 is 2.76 bits per heavy atom. The average molecular weight is 301 g/mol. The maximum Gasteiger partial charge on any atom is 0.311 e. The molecule has 0 radical (unpaired) electrons. The van der Waals surface area contributed by atoms with Gasteiger partial charge in [0, 0.05) is 16.6 Å². The Morgan fingerprint density at radius 2 is 2.12 bits per heavy atom. The predicted molar refractivity (Wildman–Crippen MR) is 67.3 cm³/mol. The third-order valence-electron chi connectivity index (χ3n) is 2.70. The average Bonchev–Trinajstić information content (AvgIpc) is 2.30.